The van der Waals surface area contributed by atoms with Gasteiger partial charge in [-0.3, -0.25) is 0 Å². The van der Waals surface area contributed by atoms with Crippen molar-refractivity contribution in [2.24, 2.45) is 0 Å². The quantitative estimate of drug-likeness (QED) is 0.369. The fourth-order valence-electron chi connectivity index (χ4n) is 3.16. The predicted octanol–water partition coefficient (Wildman–Crippen LogP) is 5.61. The molecule has 2 heterocycles. The van der Waals surface area contributed by atoms with Gasteiger partial charge in [0.15, 0.2) is 11.6 Å². The molecule has 2 aromatic carbocycles. The Bertz CT molecular complexity index is 1340. The summed E-state index contributed by atoms with van der Waals surface area (Å²) in [4.78, 5) is 20.6. The van der Waals surface area contributed by atoms with Crippen molar-refractivity contribution in [3.8, 4) is 23.2 Å². The molecule has 0 fully saturated rings. The van der Waals surface area contributed by atoms with E-state index in [4.69, 9.17) is 4.74 Å². The van der Waals surface area contributed by atoms with E-state index in [9.17, 15) is 18.0 Å². The molecule has 2 amide bonds. The minimum absolute atomic E-state index is 0.135. The maximum Gasteiger partial charge on any atom is 0.573 e. The second kappa shape index (κ2) is 9.71. The van der Waals surface area contributed by atoms with Crippen LogP contribution in [0.5, 0.6) is 17.4 Å². The van der Waals surface area contributed by atoms with E-state index in [2.05, 4.69) is 30.4 Å². The molecule has 0 atom stereocenters. The fourth-order valence-corrected chi connectivity index (χ4v) is 3.16. The molecule has 0 bridgehead atoms. The molecule has 0 aliphatic carbocycles. The second-order valence-electron chi connectivity index (χ2n) is 7.30. The summed E-state index contributed by atoms with van der Waals surface area (Å²) in [5.41, 5.74) is 2.01. The van der Waals surface area contributed by atoms with E-state index in [1.54, 1.807) is 35.0 Å². The minimum Gasteiger partial charge on any atom is -0.439 e. The van der Waals surface area contributed by atoms with E-state index in [1.165, 1.54) is 24.5 Å². The van der Waals surface area contributed by atoms with Gasteiger partial charge in [0.05, 0.1) is 11.4 Å². The lowest BCUT2D eigenvalue weighted by atomic mass is 10.3. The van der Waals surface area contributed by atoms with Crippen molar-refractivity contribution in [3.05, 3.63) is 78.4 Å². The lowest BCUT2D eigenvalue weighted by molar-refractivity contribution is -0.274. The van der Waals surface area contributed by atoms with Gasteiger partial charge in [-0.2, -0.15) is 5.10 Å². The van der Waals surface area contributed by atoms with Crippen LogP contribution in [0.3, 0.4) is 0 Å². The van der Waals surface area contributed by atoms with Gasteiger partial charge in [0.1, 0.15) is 12.1 Å². The highest BCUT2D eigenvalue weighted by molar-refractivity contribution is 6.00. The van der Waals surface area contributed by atoms with Crippen LogP contribution in [-0.4, -0.2) is 32.1 Å². The highest BCUT2D eigenvalue weighted by Crippen LogP contribution is 2.30. The number of carbonyl (C=O) groups excluding carboxylic acids is 1. The maximum atomic E-state index is 12.6. The Morgan fingerprint density at radius 1 is 0.971 bits per heavy atom. The number of benzene rings is 2. The predicted molar refractivity (Wildman–Crippen MR) is 121 cm³/mol. The molecule has 0 aliphatic heterocycles. The van der Waals surface area contributed by atoms with Crippen molar-refractivity contribution < 1.29 is 27.4 Å². The first kappa shape index (κ1) is 23.5. The van der Waals surface area contributed by atoms with E-state index < -0.39 is 18.1 Å². The number of hydrogen-bond donors (Lipinski definition) is 2. The zero-order valence-corrected chi connectivity index (χ0v) is 18.5. The number of nitrogens with zero attached hydrogens (tertiary/aromatic N) is 4. The van der Waals surface area contributed by atoms with Gasteiger partial charge in [0.25, 0.3) is 0 Å². The number of para-hydroxylation sites is 2. The molecule has 180 valence electrons. The first-order valence-corrected chi connectivity index (χ1v) is 10.2. The molecule has 0 unspecified atom stereocenters. The van der Waals surface area contributed by atoms with Crippen molar-refractivity contribution in [1.82, 2.24) is 19.7 Å². The number of rotatable bonds is 6. The van der Waals surface area contributed by atoms with Gasteiger partial charge < -0.3 is 20.1 Å². The third-order valence-corrected chi connectivity index (χ3v) is 4.55. The Morgan fingerprint density at radius 3 is 2.40 bits per heavy atom. The van der Waals surface area contributed by atoms with Crippen LogP contribution < -0.4 is 20.1 Å². The number of alkyl halides is 3. The summed E-state index contributed by atoms with van der Waals surface area (Å²) in [5.74, 6) is 0.758. The van der Waals surface area contributed by atoms with Crippen LogP contribution in [0.2, 0.25) is 0 Å². The van der Waals surface area contributed by atoms with Gasteiger partial charge in [-0.1, -0.05) is 12.1 Å². The van der Waals surface area contributed by atoms with Crippen LogP contribution >= 0.6 is 0 Å². The lowest BCUT2D eigenvalue weighted by Gasteiger charge is -2.14. The summed E-state index contributed by atoms with van der Waals surface area (Å²) in [6.07, 6.45) is -3.52. The smallest absolute Gasteiger partial charge is 0.439 e. The molecule has 2 aromatic heterocycles. The van der Waals surface area contributed by atoms with E-state index in [0.717, 1.165) is 17.5 Å². The maximum absolute atomic E-state index is 12.6. The molecule has 0 aliphatic rings. The van der Waals surface area contributed by atoms with Gasteiger partial charge in [0, 0.05) is 17.4 Å². The average molecular weight is 484 g/mol. The summed E-state index contributed by atoms with van der Waals surface area (Å²) in [5, 5.41) is 9.25. The largest absolute Gasteiger partial charge is 0.573 e. The summed E-state index contributed by atoms with van der Waals surface area (Å²) in [6, 6.07) is 14.4. The van der Waals surface area contributed by atoms with Crippen molar-refractivity contribution in [3.63, 3.8) is 0 Å². The second-order valence-corrected chi connectivity index (χ2v) is 7.30. The van der Waals surface area contributed by atoms with E-state index in [0.29, 0.717) is 23.1 Å². The zero-order valence-electron chi connectivity index (χ0n) is 18.5. The summed E-state index contributed by atoms with van der Waals surface area (Å²) in [6.45, 7) is 3.79. The summed E-state index contributed by atoms with van der Waals surface area (Å²) in [7, 11) is 0. The monoisotopic (exact) mass is 484 g/mol. The topological polar surface area (TPSA) is 103 Å². The van der Waals surface area contributed by atoms with E-state index in [1.807, 2.05) is 19.9 Å². The molecule has 4 aromatic rings. The molecule has 9 nitrogen and oxygen atoms in total. The van der Waals surface area contributed by atoms with Crippen molar-refractivity contribution >= 4 is 17.4 Å². The Labute approximate surface area is 197 Å². The molecular weight excluding hydrogens is 465 g/mol. The van der Waals surface area contributed by atoms with Gasteiger partial charge >= 0.3 is 12.4 Å². The Balaban J connectivity index is 1.39. The first-order chi connectivity index (χ1) is 16.7. The molecule has 2 N–H and O–H groups in total. The molecule has 0 saturated heterocycles. The molecule has 0 radical (unpaired) electrons. The number of hydrogen-bond acceptors (Lipinski definition) is 6. The van der Waals surface area contributed by atoms with Crippen LogP contribution in [0, 0.1) is 13.8 Å². The Kier molecular flexibility index (Phi) is 6.53. The number of urea groups is 1. The van der Waals surface area contributed by atoms with Crippen LogP contribution in [0.25, 0.3) is 5.82 Å². The zero-order chi connectivity index (χ0) is 25.0. The number of carbonyl (C=O) groups is 1. The molecule has 35 heavy (non-hydrogen) atoms. The number of halogens is 3. The van der Waals surface area contributed by atoms with Gasteiger partial charge in [-0.15, -0.1) is 13.2 Å². The molecule has 0 spiro atoms. The summed E-state index contributed by atoms with van der Waals surface area (Å²) < 4.78 is 49.0. The minimum atomic E-state index is -4.88. The number of ether oxygens (including phenoxy) is 2. The van der Waals surface area contributed by atoms with E-state index >= 15 is 0 Å². The van der Waals surface area contributed by atoms with Crippen LogP contribution in [0.4, 0.5) is 29.3 Å². The standard InChI is InChI=1S/C23H19F3N6O3/c1-14-11-15(2)32(31-14)20-12-21(28-13-27-20)34-17-9-7-16(8-10-17)29-22(33)30-18-5-3-4-6-19(18)35-23(24,25)26/h3-13H,1-2H3,(H2,29,30,33). The van der Waals surface area contributed by atoms with Crippen LogP contribution in [-0.2, 0) is 0 Å². The molecular formula is C23H19F3N6O3. The highest BCUT2D eigenvalue weighted by atomic mass is 19.4. The van der Waals surface area contributed by atoms with E-state index in [-0.39, 0.29) is 5.69 Å². The SMILES string of the molecule is Cc1cc(C)n(-c2cc(Oc3ccc(NC(=O)Nc4ccccc4OC(F)(F)F)cc3)ncn2)n1. The van der Waals surface area contributed by atoms with Gasteiger partial charge in [-0.05, 0) is 56.3 Å². The molecule has 12 heteroatoms. The van der Waals surface area contributed by atoms with Crippen molar-refractivity contribution in [2.75, 3.05) is 10.6 Å². The number of nitrogens with one attached hydrogen (secondary N) is 2. The number of aryl methyl sites for hydroxylation is 2. The summed E-state index contributed by atoms with van der Waals surface area (Å²) >= 11 is 0. The third kappa shape index (κ3) is 6.25. The molecule has 4 rings (SSSR count). The fraction of sp³-hybridized carbons (Fsp3) is 0.130. The van der Waals surface area contributed by atoms with Crippen LogP contribution in [0.15, 0.2) is 67.0 Å². The normalized spacial score (nSPS) is 11.1. The lowest BCUT2D eigenvalue weighted by Crippen LogP contribution is -2.22. The average Bonchev–Trinajstić information content (AvgIpc) is 3.13. The third-order valence-electron chi connectivity index (χ3n) is 4.55. The first-order valence-electron chi connectivity index (χ1n) is 10.2. The Hall–Kier alpha value is -4.61. The number of amides is 2. The number of aromatic nitrogens is 4. The van der Waals surface area contributed by atoms with Crippen molar-refractivity contribution in [2.45, 2.75) is 20.2 Å². The van der Waals surface area contributed by atoms with Crippen molar-refractivity contribution in [1.29, 1.82) is 0 Å². The Morgan fingerprint density at radius 2 is 1.71 bits per heavy atom. The van der Waals surface area contributed by atoms with Crippen LogP contribution in [0.1, 0.15) is 11.4 Å². The molecule has 0 saturated carbocycles. The van der Waals surface area contributed by atoms with Gasteiger partial charge in [0.2, 0.25) is 5.88 Å². The van der Waals surface area contributed by atoms with Gasteiger partial charge in [-0.25, -0.2) is 19.4 Å². The highest BCUT2D eigenvalue weighted by Gasteiger charge is 2.32. The number of anilines is 2.